The standard InChI is InChI=1S/C16H16N4OS/c17-8-3-9-18-14(21)10-22-16-12-4-1-2-5-13(12)19-15(20-16)11-6-7-11/h1-2,4-5,11H,3,6-7,9-10H2,(H,18,21). The number of thioether (sulfide) groups is 1. The Morgan fingerprint density at radius 2 is 2.18 bits per heavy atom. The Morgan fingerprint density at radius 1 is 1.36 bits per heavy atom. The summed E-state index contributed by atoms with van der Waals surface area (Å²) in [7, 11) is 0. The molecule has 0 aliphatic heterocycles. The second-order valence-electron chi connectivity index (χ2n) is 5.23. The van der Waals surface area contributed by atoms with Gasteiger partial charge in [0.15, 0.2) is 0 Å². The van der Waals surface area contributed by atoms with Crippen molar-refractivity contribution >= 4 is 28.6 Å². The Morgan fingerprint density at radius 3 is 2.95 bits per heavy atom. The van der Waals surface area contributed by atoms with E-state index in [0.29, 0.717) is 24.6 Å². The predicted octanol–water partition coefficient (Wildman–Crippen LogP) is 2.63. The minimum atomic E-state index is -0.0732. The quantitative estimate of drug-likeness (QED) is 0.504. The maximum Gasteiger partial charge on any atom is 0.230 e. The monoisotopic (exact) mass is 312 g/mol. The van der Waals surface area contributed by atoms with E-state index in [0.717, 1.165) is 34.6 Å². The Labute approximate surface area is 133 Å². The molecule has 5 nitrogen and oxygen atoms in total. The molecule has 1 aromatic carbocycles. The zero-order chi connectivity index (χ0) is 15.4. The summed E-state index contributed by atoms with van der Waals surface area (Å²) >= 11 is 1.43. The minimum Gasteiger partial charge on any atom is -0.354 e. The second-order valence-corrected chi connectivity index (χ2v) is 6.19. The third kappa shape index (κ3) is 3.55. The number of hydrogen-bond acceptors (Lipinski definition) is 5. The molecule has 1 N–H and O–H groups in total. The fourth-order valence-corrected chi connectivity index (χ4v) is 3.00. The number of para-hydroxylation sites is 1. The summed E-state index contributed by atoms with van der Waals surface area (Å²) in [6, 6.07) is 9.91. The molecule has 6 heteroatoms. The van der Waals surface area contributed by atoms with E-state index in [9.17, 15) is 4.79 Å². The number of fused-ring (bicyclic) bond motifs is 1. The van der Waals surface area contributed by atoms with E-state index in [1.807, 2.05) is 30.3 Å². The highest BCUT2D eigenvalue weighted by molar-refractivity contribution is 8.00. The highest BCUT2D eigenvalue weighted by Gasteiger charge is 2.27. The van der Waals surface area contributed by atoms with Crippen LogP contribution in [-0.4, -0.2) is 28.2 Å². The lowest BCUT2D eigenvalue weighted by molar-refractivity contribution is -0.118. The molecule has 2 aromatic rings. The van der Waals surface area contributed by atoms with Crippen LogP contribution in [-0.2, 0) is 4.79 Å². The number of aromatic nitrogens is 2. The predicted molar refractivity (Wildman–Crippen MR) is 85.5 cm³/mol. The SMILES string of the molecule is N#CCCNC(=O)CSc1nc(C2CC2)nc2ccccc12. The molecule has 1 amide bonds. The first-order valence-electron chi connectivity index (χ1n) is 7.31. The molecule has 1 aromatic heterocycles. The number of rotatable bonds is 6. The van der Waals surface area contributed by atoms with E-state index >= 15 is 0 Å². The number of benzene rings is 1. The summed E-state index contributed by atoms with van der Waals surface area (Å²) in [4.78, 5) is 21.0. The molecule has 0 radical (unpaired) electrons. The van der Waals surface area contributed by atoms with E-state index < -0.39 is 0 Å². The molecule has 22 heavy (non-hydrogen) atoms. The van der Waals surface area contributed by atoms with Gasteiger partial charge in [-0.15, -0.1) is 0 Å². The molecule has 112 valence electrons. The van der Waals surface area contributed by atoms with Crippen molar-refractivity contribution in [2.45, 2.75) is 30.2 Å². The van der Waals surface area contributed by atoms with Gasteiger partial charge < -0.3 is 5.32 Å². The van der Waals surface area contributed by atoms with Crippen LogP contribution in [0.15, 0.2) is 29.3 Å². The van der Waals surface area contributed by atoms with Gasteiger partial charge in [-0.3, -0.25) is 4.79 Å². The molecule has 1 aliphatic carbocycles. The van der Waals surface area contributed by atoms with Gasteiger partial charge in [0, 0.05) is 17.8 Å². The van der Waals surface area contributed by atoms with Crippen LogP contribution in [0.3, 0.4) is 0 Å². The molecule has 0 atom stereocenters. The van der Waals surface area contributed by atoms with E-state index in [4.69, 9.17) is 5.26 Å². The second kappa shape index (κ2) is 6.75. The van der Waals surface area contributed by atoms with Gasteiger partial charge in [-0.2, -0.15) is 5.26 Å². The number of nitriles is 1. The third-order valence-electron chi connectivity index (χ3n) is 3.43. The van der Waals surface area contributed by atoms with Gasteiger partial charge in [-0.1, -0.05) is 30.0 Å². The largest absolute Gasteiger partial charge is 0.354 e. The summed E-state index contributed by atoms with van der Waals surface area (Å²) in [6.07, 6.45) is 2.63. The highest BCUT2D eigenvalue weighted by atomic mass is 32.2. The van der Waals surface area contributed by atoms with Crippen molar-refractivity contribution in [2.75, 3.05) is 12.3 Å². The first kappa shape index (κ1) is 14.8. The molecular formula is C16H16N4OS. The maximum absolute atomic E-state index is 11.8. The number of hydrogen-bond donors (Lipinski definition) is 1. The first-order valence-corrected chi connectivity index (χ1v) is 8.29. The Hall–Kier alpha value is -2.13. The van der Waals surface area contributed by atoms with Crippen LogP contribution >= 0.6 is 11.8 Å². The molecule has 1 heterocycles. The van der Waals surface area contributed by atoms with Crippen LogP contribution in [0, 0.1) is 11.3 Å². The average Bonchev–Trinajstić information content (AvgIpc) is 3.37. The van der Waals surface area contributed by atoms with Crippen molar-refractivity contribution in [3.63, 3.8) is 0 Å². The zero-order valence-corrected chi connectivity index (χ0v) is 12.9. The summed E-state index contributed by atoms with van der Waals surface area (Å²) < 4.78 is 0. The molecule has 0 bridgehead atoms. The molecule has 0 unspecified atom stereocenters. The van der Waals surface area contributed by atoms with Gasteiger partial charge in [0.05, 0.1) is 23.8 Å². The number of amides is 1. The van der Waals surface area contributed by atoms with E-state index in [-0.39, 0.29) is 5.91 Å². The normalized spacial score (nSPS) is 13.8. The molecule has 1 saturated carbocycles. The molecule has 1 fully saturated rings. The Bertz CT molecular complexity index is 736. The third-order valence-corrected chi connectivity index (χ3v) is 4.42. The topological polar surface area (TPSA) is 78.7 Å². The van der Waals surface area contributed by atoms with Gasteiger partial charge in [0.25, 0.3) is 0 Å². The fraction of sp³-hybridized carbons (Fsp3) is 0.375. The van der Waals surface area contributed by atoms with Crippen LogP contribution in [0.5, 0.6) is 0 Å². The van der Waals surface area contributed by atoms with Gasteiger partial charge in [-0.25, -0.2) is 9.97 Å². The maximum atomic E-state index is 11.8. The molecular weight excluding hydrogens is 296 g/mol. The van der Waals surface area contributed by atoms with E-state index in [2.05, 4.69) is 15.3 Å². The summed E-state index contributed by atoms with van der Waals surface area (Å²) in [6.45, 7) is 0.397. The van der Waals surface area contributed by atoms with E-state index in [1.54, 1.807) is 0 Å². The van der Waals surface area contributed by atoms with E-state index in [1.165, 1.54) is 11.8 Å². The molecule has 1 aliphatic rings. The number of carbonyl (C=O) groups excluding carboxylic acids is 1. The first-order chi connectivity index (χ1) is 10.8. The lowest BCUT2D eigenvalue weighted by atomic mass is 10.2. The minimum absolute atomic E-state index is 0.0732. The Kier molecular flexibility index (Phi) is 4.54. The van der Waals surface area contributed by atoms with Crippen molar-refractivity contribution < 1.29 is 4.79 Å². The lowest BCUT2D eigenvalue weighted by Crippen LogP contribution is -2.25. The van der Waals surface area contributed by atoms with Gasteiger partial charge >= 0.3 is 0 Å². The van der Waals surface area contributed by atoms with Gasteiger partial charge in [0.1, 0.15) is 10.9 Å². The van der Waals surface area contributed by atoms with Crippen molar-refractivity contribution in [1.29, 1.82) is 5.26 Å². The highest BCUT2D eigenvalue weighted by Crippen LogP contribution is 2.39. The van der Waals surface area contributed by atoms with Crippen LogP contribution in [0.4, 0.5) is 0 Å². The van der Waals surface area contributed by atoms with Crippen molar-refractivity contribution in [3.05, 3.63) is 30.1 Å². The number of carbonyl (C=O) groups is 1. The van der Waals surface area contributed by atoms with Crippen molar-refractivity contribution in [1.82, 2.24) is 15.3 Å². The molecule has 0 spiro atoms. The summed E-state index contributed by atoms with van der Waals surface area (Å²) in [5, 5.41) is 13.0. The zero-order valence-electron chi connectivity index (χ0n) is 12.1. The van der Waals surface area contributed by atoms with Crippen LogP contribution < -0.4 is 5.32 Å². The lowest BCUT2D eigenvalue weighted by Gasteiger charge is -2.08. The summed E-state index contributed by atoms with van der Waals surface area (Å²) in [5.41, 5.74) is 0.937. The smallest absolute Gasteiger partial charge is 0.230 e. The number of nitrogens with one attached hydrogen (secondary N) is 1. The van der Waals surface area contributed by atoms with Crippen molar-refractivity contribution in [3.8, 4) is 6.07 Å². The van der Waals surface area contributed by atoms with Crippen LogP contribution in [0.25, 0.3) is 10.9 Å². The molecule has 0 saturated heterocycles. The summed E-state index contributed by atoms with van der Waals surface area (Å²) in [5.74, 6) is 1.60. The Balaban J connectivity index is 1.74. The van der Waals surface area contributed by atoms with Gasteiger partial charge in [0.2, 0.25) is 5.91 Å². The average molecular weight is 312 g/mol. The van der Waals surface area contributed by atoms with Crippen LogP contribution in [0.1, 0.15) is 31.0 Å². The fourth-order valence-electron chi connectivity index (χ4n) is 2.14. The molecule has 3 rings (SSSR count). The number of nitrogens with zero attached hydrogens (tertiary/aromatic N) is 3. The van der Waals surface area contributed by atoms with Gasteiger partial charge in [-0.05, 0) is 18.9 Å². The van der Waals surface area contributed by atoms with Crippen molar-refractivity contribution in [2.24, 2.45) is 0 Å². The van der Waals surface area contributed by atoms with Crippen LogP contribution in [0.2, 0.25) is 0 Å².